The Bertz CT molecular complexity index is 632. The van der Waals surface area contributed by atoms with Crippen molar-refractivity contribution in [1.82, 2.24) is 4.98 Å². The quantitative estimate of drug-likeness (QED) is 0.836. The topological polar surface area (TPSA) is 50.2 Å². The minimum Gasteiger partial charge on any atom is -0.478 e. The maximum absolute atomic E-state index is 11.0. The van der Waals surface area contributed by atoms with Gasteiger partial charge in [0.1, 0.15) is 0 Å². The molecule has 21 heavy (non-hydrogen) atoms. The predicted octanol–water partition coefficient (Wildman–Crippen LogP) is 5.25. The number of thiophene rings is 1. The summed E-state index contributed by atoms with van der Waals surface area (Å²) in [4.78, 5) is 16.7. The Morgan fingerprint density at radius 1 is 1.38 bits per heavy atom. The molecule has 0 spiro atoms. The molecule has 0 radical (unpaired) electrons. The van der Waals surface area contributed by atoms with Crippen LogP contribution in [0.1, 0.15) is 60.3 Å². The Hall–Kier alpha value is -1.20. The summed E-state index contributed by atoms with van der Waals surface area (Å²) in [6.45, 7) is 2.28. The van der Waals surface area contributed by atoms with Crippen molar-refractivity contribution in [3.8, 4) is 10.6 Å². The summed E-state index contributed by atoms with van der Waals surface area (Å²) in [5.41, 5.74) is 1.29. The van der Waals surface area contributed by atoms with Gasteiger partial charge in [0, 0.05) is 16.7 Å². The fourth-order valence-corrected chi connectivity index (χ4v) is 4.94. The van der Waals surface area contributed by atoms with E-state index in [0.717, 1.165) is 16.5 Å². The smallest absolute Gasteiger partial charge is 0.336 e. The molecule has 2 aromatic heterocycles. The summed E-state index contributed by atoms with van der Waals surface area (Å²) in [5, 5.41) is 14.0. The Morgan fingerprint density at radius 2 is 2.24 bits per heavy atom. The van der Waals surface area contributed by atoms with Gasteiger partial charge in [0.05, 0.1) is 21.1 Å². The maximum atomic E-state index is 11.0. The monoisotopic (exact) mass is 321 g/mol. The third-order valence-corrected chi connectivity index (χ3v) is 6.29. The Morgan fingerprint density at radius 3 is 2.95 bits per heavy atom. The molecule has 2 aromatic rings. The van der Waals surface area contributed by atoms with E-state index in [1.807, 2.05) is 0 Å². The van der Waals surface area contributed by atoms with Crippen LogP contribution in [0, 0.1) is 5.92 Å². The molecule has 1 fully saturated rings. The molecular weight excluding hydrogens is 302 g/mol. The number of aromatic nitrogens is 1. The summed E-state index contributed by atoms with van der Waals surface area (Å²) in [7, 11) is 0. The van der Waals surface area contributed by atoms with Gasteiger partial charge in [-0.2, -0.15) is 0 Å². The van der Waals surface area contributed by atoms with Gasteiger partial charge in [-0.25, -0.2) is 9.78 Å². The van der Waals surface area contributed by atoms with Crippen LogP contribution in [0.2, 0.25) is 0 Å². The molecule has 0 aliphatic heterocycles. The molecule has 2 unspecified atom stereocenters. The van der Waals surface area contributed by atoms with Gasteiger partial charge in [-0.1, -0.05) is 26.2 Å². The second-order valence-electron chi connectivity index (χ2n) is 5.71. The number of nitrogens with zero attached hydrogens (tertiary/aromatic N) is 1. The molecular formula is C16H19NO2S2. The van der Waals surface area contributed by atoms with Crippen molar-refractivity contribution >= 4 is 28.6 Å². The minimum absolute atomic E-state index is 0.355. The largest absolute Gasteiger partial charge is 0.478 e. The van der Waals surface area contributed by atoms with E-state index >= 15 is 0 Å². The van der Waals surface area contributed by atoms with Gasteiger partial charge in [-0.3, -0.25) is 0 Å². The first-order valence-electron chi connectivity index (χ1n) is 7.45. The molecule has 0 aromatic carbocycles. The Labute approximate surface area is 132 Å². The van der Waals surface area contributed by atoms with Gasteiger partial charge in [-0.05, 0) is 24.8 Å². The number of aromatic carboxylic acids is 1. The molecule has 2 heterocycles. The molecule has 2 atom stereocenters. The highest BCUT2D eigenvalue weighted by molar-refractivity contribution is 7.14. The third kappa shape index (κ3) is 3.19. The molecule has 1 N–H and O–H groups in total. The number of rotatable bonds is 4. The number of thiazole rings is 1. The normalized spacial score (nSPS) is 22.3. The first kappa shape index (κ1) is 14.7. The second kappa shape index (κ2) is 6.28. The van der Waals surface area contributed by atoms with Gasteiger partial charge >= 0.3 is 5.97 Å². The second-order valence-corrected chi connectivity index (χ2v) is 7.51. The molecule has 1 aliphatic rings. The number of hydrogen-bond donors (Lipinski definition) is 1. The standard InChI is InChI=1S/C16H19NO2S2/c1-2-10-4-3-5-11(6-10)15-17-13(9-21-15)14-7-12(8-20-14)16(18)19/h7-11H,2-6H2,1H3,(H,18,19). The van der Waals surface area contributed by atoms with Crippen molar-refractivity contribution in [1.29, 1.82) is 0 Å². The Balaban J connectivity index is 1.77. The van der Waals surface area contributed by atoms with E-state index in [9.17, 15) is 4.79 Å². The molecule has 1 aliphatic carbocycles. The lowest BCUT2D eigenvalue weighted by Crippen LogP contribution is -2.13. The summed E-state index contributed by atoms with van der Waals surface area (Å²) in [6.07, 6.45) is 6.43. The first-order chi connectivity index (χ1) is 10.2. The number of hydrogen-bond acceptors (Lipinski definition) is 4. The molecule has 0 bridgehead atoms. The van der Waals surface area contributed by atoms with Crippen LogP contribution in [-0.2, 0) is 0 Å². The van der Waals surface area contributed by atoms with Gasteiger partial charge in [-0.15, -0.1) is 22.7 Å². The summed E-state index contributed by atoms with van der Waals surface area (Å²) < 4.78 is 0. The molecule has 1 saturated carbocycles. The predicted molar refractivity (Wildman–Crippen MR) is 87.4 cm³/mol. The lowest BCUT2D eigenvalue weighted by Gasteiger charge is -2.26. The van der Waals surface area contributed by atoms with Crippen molar-refractivity contribution in [2.45, 2.75) is 44.9 Å². The molecule has 0 amide bonds. The molecule has 3 nitrogen and oxygen atoms in total. The van der Waals surface area contributed by atoms with Crippen LogP contribution in [0.5, 0.6) is 0 Å². The van der Waals surface area contributed by atoms with E-state index in [1.165, 1.54) is 48.4 Å². The number of carboxylic acid groups (broad SMARTS) is 1. The number of carbonyl (C=O) groups is 1. The molecule has 5 heteroatoms. The van der Waals surface area contributed by atoms with Gasteiger partial charge in [0.15, 0.2) is 0 Å². The Kier molecular flexibility index (Phi) is 4.40. The van der Waals surface area contributed by atoms with Crippen molar-refractivity contribution in [3.05, 3.63) is 27.4 Å². The van der Waals surface area contributed by atoms with E-state index in [4.69, 9.17) is 10.1 Å². The SMILES string of the molecule is CCC1CCCC(c2nc(-c3cc(C(=O)O)cs3)cs2)C1. The fraction of sp³-hybridized carbons (Fsp3) is 0.500. The number of carboxylic acids is 1. The lowest BCUT2D eigenvalue weighted by atomic mass is 9.80. The fourth-order valence-electron chi connectivity index (χ4n) is 3.06. The van der Waals surface area contributed by atoms with Crippen LogP contribution < -0.4 is 0 Å². The van der Waals surface area contributed by atoms with E-state index < -0.39 is 5.97 Å². The van der Waals surface area contributed by atoms with Crippen LogP contribution in [0.15, 0.2) is 16.8 Å². The van der Waals surface area contributed by atoms with Crippen molar-refractivity contribution < 1.29 is 9.90 Å². The maximum Gasteiger partial charge on any atom is 0.336 e. The minimum atomic E-state index is -0.869. The zero-order chi connectivity index (χ0) is 14.8. The average Bonchev–Trinajstić information content (AvgIpc) is 3.16. The van der Waals surface area contributed by atoms with Gasteiger partial charge in [0.25, 0.3) is 0 Å². The zero-order valence-electron chi connectivity index (χ0n) is 12.0. The highest BCUT2D eigenvalue weighted by Crippen LogP contribution is 2.40. The molecule has 3 rings (SSSR count). The third-order valence-electron chi connectivity index (χ3n) is 4.33. The van der Waals surface area contributed by atoms with E-state index in [2.05, 4.69) is 12.3 Å². The van der Waals surface area contributed by atoms with E-state index in [0.29, 0.717) is 11.5 Å². The highest BCUT2D eigenvalue weighted by Gasteiger charge is 2.24. The van der Waals surface area contributed by atoms with E-state index in [1.54, 1.807) is 22.8 Å². The summed E-state index contributed by atoms with van der Waals surface area (Å²) in [6, 6.07) is 1.72. The molecule has 0 saturated heterocycles. The zero-order valence-corrected chi connectivity index (χ0v) is 13.7. The van der Waals surface area contributed by atoms with Crippen LogP contribution in [0.25, 0.3) is 10.6 Å². The first-order valence-corrected chi connectivity index (χ1v) is 9.21. The molecule has 112 valence electrons. The van der Waals surface area contributed by atoms with Crippen molar-refractivity contribution in [2.75, 3.05) is 0 Å². The van der Waals surface area contributed by atoms with Crippen molar-refractivity contribution in [3.63, 3.8) is 0 Å². The average molecular weight is 321 g/mol. The van der Waals surface area contributed by atoms with Crippen LogP contribution in [0.3, 0.4) is 0 Å². The van der Waals surface area contributed by atoms with Crippen LogP contribution >= 0.6 is 22.7 Å². The van der Waals surface area contributed by atoms with Crippen LogP contribution in [-0.4, -0.2) is 16.1 Å². The van der Waals surface area contributed by atoms with Gasteiger partial charge < -0.3 is 5.11 Å². The highest BCUT2D eigenvalue weighted by atomic mass is 32.1. The van der Waals surface area contributed by atoms with Gasteiger partial charge in [0.2, 0.25) is 0 Å². The van der Waals surface area contributed by atoms with E-state index in [-0.39, 0.29) is 0 Å². The summed E-state index contributed by atoms with van der Waals surface area (Å²) in [5.74, 6) is 0.573. The summed E-state index contributed by atoms with van der Waals surface area (Å²) >= 11 is 3.19. The lowest BCUT2D eigenvalue weighted by molar-refractivity contribution is 0.0697. The van der Waals surface area contributed by atoms with Crippen molar-refractivity contribution in [2.24, 2.45) is 5.92 Å². The van der Waals surface area contributed by atoms with Crippen LogP contribution in [0.4, 0.5) is 0 Å².